The van der Waals surface area contributed by atoms with Crippen LogP contribution in [0.2, 0.25) is 0 Å². The number of anilines is 6. The Hall–Kier alpha value is -10.3. The molecule has 0 unspecified atom stereocenters. The van der Waals surface area contributed by atoms with E-state index in [-0.39, 0.29) is 10.8 Å². The number of aromatic nitrogens is 1. The molecule has 1 spiro atoms. The monoisotopic (exact) mass is 1160 g/mol. The topological polar surface area (TPSA) is 32.5 Å². The predicted molar refractivity (Wildman–Crippen MR) is 379 cm³/mol. The number of hydrogen-bond acceptors (Lipinski definition) is 4. The van der Waals surface area contributed by atoms with E-state index in [1.54, 1.807) is 0 Å². The summed E-state index contributed by atoms with van der Waals surface area (Å²) in [5, 5.41) is 6.84. The Morgan fingerprint density at radius 1 is 0.367 bits per heavy atom. The van der Waals surface area contributed by atoms with Crippen LogP contribution in [0.5, 0.6) is 0 Å². The summed E-state index contributed by atoms with van der Waals surface area (Å²) >= 11 is 0. The number of pyridine rings is 1. The molecule has 0 amide bonds. The first-order valence-electron chi connectivity index (χ1n) is 31.8. The molecule has 0 saturated carbocycles. The lowest BCUT2D eigenvalue weighted by atomic mass is 9.69. The third-order valence-electron chi connectivity index (χ3n) is 19.6. The maximum Gasteiger partial charge on any atom is 0.145 e. The van der Waals surface area contributed by atoms with Crippen LogP contribution in [-0.2, 0) is 16.2 Å². The molecule has 4 heteroatoms. The van der Waals surface area contributed by atoms with Crippen LogP contribution >= 0.6 is 0 Å². The number of benzene rings is 12. The molecule has 0 bridgehead atoms. The van der Waals surface area contributed by atoms with E-state index in [9.17, 15) is 0 Å². The second kappa shape index (κ2) is 20.4. The summed E-state index contributed by atoms with van der Waals surface area (Å²) < 4.78 is 7.66. The van der Waals surface area contributed by atoms with Crippen molar-refractivity contribution in [3.05, 3.63) is 304 Å². The van der Waals surface area contributed by atoms with Crippen molar-refractivity contribution in [1.29, 1.82) is 0 Å². The van der Waals surface area contributed by atoms with Crippen LogP contribution in [0.15, 0.2) is 253 Å². The van der Waals surface area contributed by atoms with Crippen molar-refractivity contribution >= 4 is 77.7 Å². The van der Waals surface area contributed by atoms with Crippen LogP contribution in [-0.4, -0.2) is 4.98 Å². The van der Waals surface area contributed by atoms with Crippen molar-refractivity contribution in [2.75, 3.05) is 9.80 Å². The zero-order valence-electron chi connectivity index (χ0n) is 52.9. The summed E-state index contributed by atoms with van der Waals surface area (Å²) in [6, 6.07) is 91.4. The van der Waals surface area contributed by atoms with Gasteiger partial charge >= 0.3 is 0 Å². The van der Waals surface area contributed by atoms with Crippen molar-refractivity contribution in [2.45, 2.75) is 85.5 Å². The minimum atomic E-state index is -0.817. The molecule has 4 nitrogen and oxygen atoms in total. The molecule has 90 heavy (non-hydrogen) atoms. The fraction of sp³-hybridized carbons (Fsp3) is 0.151. The van der Waals surface area contributed by atoms with Crippen LogP contribution < -0.4 is 9.80 Å². The molecular weight excluding hydrogens is 1090 g/mol. The van der Waals surface area contributed by atoms with Crippen LogP contribution in [0.4, 0.5) is 34.3 Å². The van der Waals surface area contributed by atoms with Gasteiger partial charge in [0.05, 0.1) is 22.2 Å². The quantitative estimate of drug-likeness (QED) is 0.142. The standard InChI is InChI=1S/C86H71N3O/c1-52-35-46-75(70(47-52)61-25-13-11-23-54(61)3)88(58-40-36-56(37-41-58)84(5,6)7)60-44-45-67-69(49-60)63-27-15-16-30-66(63)79-80-74(86(81(67)79)72-32-20-17-28-64(72)65-29-18-21-33-73(65)86)50-76(78-68-31-19-22-34-77(68)90-82(78)80)89(59-42-38-57(39-43-59)85(8,9)10)83-71(48-53(2)51-87-83)62-26-14-12-24-55(62)4/h11-51H,1-10H3. The summed E-state index contributed by atoms with van der Waals surface area (Å²) in [5.41, 5.74) is 27.8. The lowest BCUT2D eigenvalue weighted by molar-refractivity contribution is 0.590. The first-order valence-corrected chi connectivity index (χ1v) is 31.8. The Morgan fingerprint density at radius 3 is 1.51 bits per heavy atom. The van der Waals surface area contributed by atoms with Crippen molar-refractivity contribution < 1.29 is 4.42 Å². The second-order valence-corrected chi connectivity index (χ2v) is 27.3. The van der Waals surface area contributed by atoms with E-state index in [0.717, 1.165) is 78.4 Å². The average molecular weight is 1160 g/mol. The Labute approximate surface area is 528 Å². The van der Waals surface area contributed by atoms with Gasteiger partial charge in [0.25, 0.3) is 0 Å². The molecule has 0 saturated heterocycles. The third kappa shape index (κ3) is 8.30. The first-order chi connectivity index (χ1) is 43.6. The van der Waals surface area contributed by atoms with Crippen molar-refractivity contribution in [2.24, 2.45) is 0 Å². The predicted octanol–water partition coefficient (Wildman–Crippen LogP) is 23.7. The van der Waals surface area contributed by atoms with E-state index < -0.39 is 5.41 Å². The van der Waals surface area contributed by atoms with E-state index in [1.165, 1.54) is 99.4 Å². The van der Waals surface area contributed by atoms with Crippen LogP contribution in [0, 0.1) is 27.7 Å². The molecule has 12 aromatic carbocycles. The van der Waals surface area contributed by atoms with Gasteiger partial charge in [0.1, 0.15) is 17.0 Å². The molecule has 0 aliphatic heterocycles. The lowest BCUT2D eigenvalue weighted by Gasteiger charge is -2.34. The number of fused-ring (bicyclic) bond motifs is 19. The summed E-state index contributed by atoms with van der Waals surface area (Å²) in [6.07, 6.45) is 2.03. The van der Waals surface area contributed by atoms with E-state index in [4.69, 9.17) is 9.40 Å². The molecule has 0 atom stereocenters. The molecule has 0 radical (unpaired) electrons. The number of hydrogen-bond donors (Lipinski definition) is 0. The fourth-order valence-corrected chi connectivity index (χ4v) is 15.3. The molecule has 14 aromatic rings. The zero-order valence-corrected chi connectivity index (χ0v) is 52.9. The van der Waals surface area contributed by atoms with Crippen LogP contribution in [0.1, 0.15) is 97.2 Å². The van der Waals surface area contributed by atoms with Crippen LogP contribution in [0.25, 0.3) is 88.0 Å². The molecule has 2 aromatic heterocycles. The number of para-hydroxylation sites is 1. The highest BCUT2D eigenvalue weighted by atomic mass is 16.3. The summed E-state index contributed by atoms with van der Waals surface area (Å²) in [6.45, 7) is 22.5. The van der Waals surface area contributed by atoms with Crippen molar-refractivity contribution in [3.63, 3.8) is 0 Å². The Morgan fingerprint density at radius 2 is 0.889 bits per heavy atom. The van der Waals surface area contributed by atoms with Gasteiger partial charge in [0, 0.05) is 45.3 Å². The number of nitrogens with zero attached hydrogens (tertiary/aromatic N) is 3. The smallest absolute Gasteiger partial charge is 0.145 e. The summed E-state index contributed by atoms with van der Waals surface area (Å²) in [4.78, 5) is 10.5. The molecule has 16 rings (SSSR count). The van der Waals surface area contributed by atoms with Crippen molar-refractivity contribution in [1.82, 2.24) is 4.98 Å². The number of aryl methyl sites for hydroxylation is 4. The molecule has 2 aliphatic rings. The maximum atomic E-state index is 7.66. The molecule has 436 valence electrons. The summed E-state index contributed by atoms with van der Waals surface area (Å²) in [7, 11) is 0. The van der Waals surface area contributed by atoms with Gasteiger partial charge in [-0.1, -0.05) is 223 Å². The highest BCUT2D eigenvalue weighted by Gasteiger charge is 2.55. The first kappa shape index (κ1) is 55.1. The van der Waals surface area contributed by atoms with E-state index in [1.807, 2.05) is 6.20 Å². The largest absolute Gasteiger partial charge is 0.455 e. The molecular formula is C86H71N3O. The van der Waals surface area contributed by atoms with Gasteiger partial charge in [0.15, 0.2) is 0 Å². The minimum Gasteiger partial charge on any atom is -0.455 e. The average Bonchev–Trinajstić information content (AvgIpc) is 1.48. The molecule has 0 fully saturated rings. The van der Waals surface area contributed by atoms with E-state index >= 15 is 0 Å². The Bertz CT molecular complexity index is 5220. The van der Waals surface area contributed by atoms with Gasteiger partial charge in [-0.25, -0.2) is 4.98 Å². The van der Waals surface area contributed by atoms with Gasteiger partial charge in [-0.15, -0.1) is 0 Å². The Kier molecular flexibility index (Phi) is 12.5. The third-order valence-corrected chi connectivity index (χ3v) is 19.6. The summed E-state index contributed by atoms with van der Waals surface area (Å²) in [5.74, 6) is 0.849. The highest BCUT2D eigenvalue weighted by Crippen LogP contribution is 2.68. The van der Waals surface area contributed by atoms with Gasteiger partial charge in [-0.05, 0) is 205 Å². The SMILES string of the molecule is Cc1ccc(N(c2ccc(C(C)(C)C)cc2)c2ccc3c4c(c5ccccc5c3c2)-c2c(cc(N(c3ccc(C(C)(C)C)cc3)c3ncc(C)cc3-c3ccccc3C)c3c2oc2ccccc23)C42c3ccccc3-c3ccccc32)c(-c2ccccc2C)c1. The van der Waals surface area contributed by atoms with Gasteiger partial charge in [0.2, 0.25) is 0 Å². The van der Waals surface area contributed by atoms with E-state index in [0.29, 0.717) is 0 Å². The van der Waals surface area contributed by atoms with Gasteiger partial charge in [-0.3, -0.25) is 4.90 Å². The minimum absolute atomic E-state index is 0.0146. The molecule has 2 aliphatic carbocycles. The zero-order chi connectivity index (χ0) is 61.5. The molecule has 0 N–H and O–H groups in total. The van der Waals surface area contributed by atoms with Gasteiger partial charge < -0.3 is 9.32 Å². The molecule has 2 heterocycles. The lowest BCUT2D eigenvalue weighted by Crippen LogP contribution is -2.27. The normalized spacial score (nSPS) is 13.1. The van der Waals surface area contributed by atoms with E-state index in [2.05, 4.69) is 322 Å². The fourth-order valence-electron chi connectivity index (χ4n) is 15.3. The number of rotatable bonds is 8. The van der Waals surface area contributed by atoms with Crippen LogP contribution in [0.3, 0.4) is 0 Å². The second-order valence-electron chi connectivity index (χ2n) is 27.3. The van der Waals surface area contributed by atoms with Gasteiger partial charge in [-0.2, -0.15) is 0 Å². The maximum absolute atomic E-state index is 7.66. The highest BCUT2D eigenvalue weighted by molar-refractivity contribution is 6.27. The Balaban J connectivity index is 1.05. The van der Waals surface area contributed by atoms with Crippen molar-refractivity contribution in [3.8, 4) is 44.5 Å². The number of furan rings is 1.